The van der Waals surface area contributed by atoms with E-state index in [2.05, 4.69) is 10.5 Å². The first-order valence-electron chi connectivity index (χ1n) is 8.50. The number of nitrogens with one attached hydrogen (secondary N) is 1. The Morgan fingerprint density at radius 2 is 2.00 bits per heavy atom. The molecule has 0 aliphatic rings. The Morgan fingerprint density at radius 3 is 2.79 bits per heavy atom. The predicted molar refractivity (Wildman–Crippen MR) is 111 cm³/mol. The number of ether oxygens (including phenoxy) is 1. The number of amides is 1. The second kappa shape index (κ2) is 8.95. The number of aryl methyl sites for hydroxylation is 2. The zero-order valence-corrected chi connectivity index (χ0v) is 16.8. The molecule has 0 fully saturated rings. The molecule has 0 aliphatic heterocycles. The summed E-state index contributed by atoms with van der Waals surface area (Å²) in [5.41, 5.74) is 5.19. The third-order valence-electron chi connectivity index (χ3n) is 3.91. The van der Waals surface area contributed by atoms with Crippen molar-refractivity contribution in [2.45, 2.75) is 13.8 Å². The molecule has 144 valence electrons. The van der Waals surface area contributed by atoms with Crippen molar-refractivity contribution in [1.82, 2.24) is 5.43 Å². The molecule has 2 aromatic carbocycles. The van der Waals surface area contributed by atoms with E-state index in [1.807, 2.05) is 32.0 Å². The number of rotatable bonds is 6. The fourth-order valence-corrected chi connectivity index (χ4v) is 2.96. The van der Waals surface area contributed by atoms with Crippen molar-refractivity contribution in [3.8, 4) is 17.1 Å². The minimum absolute atomic E-state index is 0.136. The second-order valence-electron chi connectivity index (χ2n) is 6.15. The van der Waals surface area contributed by atoms with Crippen molar-refractivity contribution in [2.24, 2.45) is 5.10 Å². The summed E-state index contributed by atoms with van der Waals surface area (Å²) in [7, 11) is 0. The topological polar surface area (TPSA) is 63.8 Å². The molecule has 1 heterocycles. The van der Waals surface area contributed by atoms with E-state index < -0.39 is 0 Å². The largest absolute Gasteiger partial charge is 0.483 e. The molecule has 3 aromatic rings. The van der Waals surface area contributed by atoms with Crippen LogP contribution in [0, 0.1) is 13.8 Å². The van der Waals surface area contributed by atoms with E-state index in [0.717, 1.165) is 11.1 Å². The van der Waals surface area contributed by atoms with Crippen molar-refractivity contribution in [2.75, 3.05) is 6.61 Å². The van der Waals surface area contributed by atoms with E-state index in [4.69, 9.17) is 32.4 Å². The highest BCUT2D eigenvalue weighted by Gasteiger charge is 2.10. The molecule has 0 spiro atoms. The lowest BCUT2D eigenvalue weighted by atomic mass is 10.1. The number of hydrogen-bond acceptors (Lipinski definition) is 4. The summed E-state index contributed by atoms with van der Waals surface area (Å²) in [6.45, 7) is 3.79. The fraction of sp³-hybridized carbons (Fsp3) is 0.143. The number of carbonyl (C=O) groups excluding carboxylic acids is 1. The van der Waals surface area contributed by atoms with Gasteiger partial charge in [0.25, 0.3) is 5.91 Å². The van der Waals surface area contributed by atoms with Crippen LogP contribution in [0.2, 0.25) is 10.0 Å². The average Bonchev–Trinajstić information content (AvgIpc) is 3.12. The predicted octanol–water partition coefficient (Wildman–Crippen LogP) is 5.40. The molecule has 0 bridgehead atoms. The van der Waals surface area contributed by atoms with Gasteiger partial charge in [-0.25, -0.2) is 5.43 Å². The highest BCUT2D eigenvalue weighted by atomic mass is 35.5. The van der Waals surface area contributed by atoms with Gasteiger partial charge < -0.3 is 9.15 Å². The molecule has 5 nitrogen and oxygen atoms in total. The summed E-state index contributed by atoms with van der Waals surface area (Å²) >= 11 is 12.2. The second-order valence-corrected chi connectivity index (χ2v) is 6.94. The van der Waals surface area contributed by atoms with Crippen LogP contribution in [0.15, 0.2) is 58.0 Å². The third-order valence-corrected chi connectivity index (χ3v) is 4.73. The average molecular weight is 417 g/mol. The minimum Gasteiger partial charge on any atom is -0.483 e. The maximum atomic E-state index is 11.9. The number of halogens is 2. The quantitative estimate of drug-likeness (QED) is 0.432. The minimum atomic E-state index is -0.374. The van der Waals surface area contributed by atoms with Crippen LogP contribution in [0.3, 0.4) is 0 Å². The van der Waals surface area contributed by atoms with Gasteiger partial charge >= 0.3 is 0 Å². The van der Waals surface area contributed by atoms with Crippen molar-refractivity contribution in [3.05, 3.63) is 75.5 Å². The van der Waals surface area contributed by atoms with Gasteiger partial charge in [0.05, 0.1) is 16.3 Å². The molecule has 0 radical (unpaired) electrons. The summed E-state index contributed by atoms with van der Waals surface area (Å²) in [6, 6.07) is 14.5. The Morgan fingerprint density at radius 1 is 1.18 bits per heavy atom. The maximum Gasteiger partial charge on any atom is 0.277 e. The van der Waals surface area contributed by atoms with Crippen molar-refractivity contribution in [3.63, 3.8) is 0 Å². The molecule has 28 heavy (non-hydrogen) atoms. The zero-order valence-electron chi connectivity index (χ0n) is 15.3. The molecular formula is C21H18Cl2N2O3. The van der Waals surface area contributed by atoms with Gasteiger partial charge in [0.1, 0.15) is 17.3 Å². The lowest BCUT2D eigenvalue weighted by molar-refractivity contribution is -0.123. The molecule has 1 aromatic heterocycles. The normalized spacial score (nSPS) is 11.0. The van der Waals surface area contributed by atoms with Crippen molar-refractivity contribution in [1.29, 1.82) is 0 Å². The van der Waals surface area contributed by atoms with Crippen LogP contribution in [-0.4, -0.2) is 18.7 Å². The number of hydrazone groups is 1. The highest BCUT2D eigenvalue weighted by molar-refractivity contribution is 6.43. The van der Waals surface area contributed by atoms with Gasteiger partial charge in [0.15, 0.2) is 6.61 Å². The maximum absolute atomic E-state index is 11.9. The Balaban J connectivity index is 1.55. The number of benzene rings is 2. The number of furan rings is 1. The van der Waals surface area contributed by atoms with Crippen LogP contribution in [0.5, 0.6) is 5.75 Å². The molecule has 1 N–H and O–H groups in total. The van der Waals surface area contributed by atoms with E-state index in [1.54, 1.807) is 30.3 Å². The molecule has 3 rings (SSSR count). The van der Waals surface area contributed by atoms with Gasteiger partial charge in [0, 0.05) is 5.56 Å². The Bertz CT molecular complexity index is 1030. The van der Waals surface area contributed by atoms with E-state index >= 15 is 0 Å². The van der Waals surface area contributed by atoms with Crippen molar-refractivity contribution < 1.29 is 13.9 Å². The smallest absolute Gasteiger partial charge is 0.277 e. The monoisotopic (exact) mass is 416 g/mol. The van der Waals surface area contributed by atoms with Gasteiger partial charge in [0.2, 0.25) is 0 Å². The van der Waals surface area contributed by atoms with E-state index in [0.29, 0.717) is 32.9 Å². The summed E-state index contributed by atoms with van der Waals surface area (Å²) < 4.78 is 11.2. The van der Waals surface area contributed by atoms with E-state index in [-0.39, 0.29) is 12.5 Å². The highest BCUT2D eigenvalue weighted by Crippen LogP contribution is 2.34. The Kier molecular flexibility index (Phi) is 6.39. The van der Waals surface area contributed by atoms with Gasteiger partial charge in [-0.2, -0.15) is 5.10 Å². The van der Waals surface area contributed by atoms with E-state index in [1.165, 1.54) is 6.21 Å². The van der Waals surface area contributed by atoms with Gasteiger partial charge in [-0.05, 0) is 49.7 Å². The van der Waals surface area contributed by atoms with Crippen LogP contribution in [-0.2, 0) is 4.79 Å². The lowest BCUT2D eigenvalue weighted by Gasteiger charge is -2.08. The van der Waals surface area contributed by atoms with Crippen LogP contribution in [0.25, 0.3) is 11.3 Å². The summed E-state index contributed by atoms with van der Waals surface area (Å²) in [6.07, 6.45) is 1.40. The molecule has 1 amide bonds. The van der Waals surface area contributed by atoms with Crippen LogP contribution in [0.4, 0.5) is 0 Å². The van der Waals surface area contributed by atoms with E-state index in [9.17, 15) is 4.79 Å². The van der Waals surface area contributed by atoms with Gasteiger partial charge in [-0.3, -0.25) is 4.79 Å². The first kappa shape index (κ1) is 20.0. The SMILES string of the molecule is Cc1ccc(OCC(=O)NN=Cc2ccc(-c3cccc(Cl)c3Cl)o2)c(C)c1. The molecule has 0 saturated carbocycles. The summed E-state index contributed by atoms with van der Waals surface area (Å²) in [5.74, 6) is 1.31. The summed E-state index contributed by atoms with van der Waals surface area (Å²) in [5, 5.41) is 4.74. The van der Waals surface area contributed by atoms with Crippen LogP contribution >= 0.6 is 23.2 Å². The Hall–Kier alpha value is -2.76. The van der Waals surface area contributed by atoms with Gasteiger partial charge in [-0.1, -0.05) is 47.0 Å². The first-order chi connectivity index (χ1) is 13.4. The van der Waals surface area contributed by atoms with Crippen LogP contribution in [0.1, 0.15) is 16.9 Å². The number of nitrogens with zero attached hydrogens (tertiary/aromatic N) is 1. The number of carbonyl (C=O) groups is 1. The summed E-state index contributed by atoms with van der Waals surface area (Å²) in [4.78, 5) is 11.9. The Labute approximate surface area is 172 Å². The fourth-order valence-electron chi connectivity index (χ4n) is 2.57. The first-order valence-corrected chi connectivity index (χ1v) is 9.26. The standard InChI is InChI=1S/C21H18Cl2N2O3/c1-13-6-8-18(14(2)10-13)27-12-20(26)25-24-11-15-7-9-19(28-15)16-4-3-5-17(22)21(16)23/h3-11H,12H2,1-2H3,(H,25,26). The lowest BCUT2D eigenvalue weighted by Crippen LogP contribution is -2.24. The molecular weight excluding hydrogens is 399 g/mol. The molecule has 0 aliphatic carbocycles. The molecule has 0 unspecified atom stereocenters. The zero-order chi connectivity index (χ0) is 20.1. The van der Waals surface area contributed by atoms with Crippen LogP contribution < -0.4 is 10.2 Å². The van der Waals surface area contributed by atoms with Crippen molar-refractivity contribution >= 4 is 35.3 Å². The molecule has 7 heteroatoms. The number of hydrogen-bond donors (Lipinski definition) is 1. The molecule has 0 atom stereocenters. The molecule has 0 saturated heterocycles. The third kappa shape index (κ3) is 4.94. The van der Waals surface area contributed by atoms with Gasteiger partial charge in [-0.15, -0.1) is 0 Å².